The first-order valence-corrected chi connectivity index (χ1v) is 7.03. The predicted molar refractivity (Wildman–Crippen MR) is 71.9 cm³/mol. The fraction of sp³-hybridized carbons (Fsp3) is 0.857. The number of carboxylic acids is 1. The van der Waals surface area contributed by atoms with Crippen LogP contribution in [0.25, 0.3) is 0 Å². The number of carboxylic acid groups (broad SMARTS) is 1. The van der Waals surface area contributed by atoms with E-state index in [0.29, 0.717) is 19.3 Å². The van der Waals surface area contributed by atoms with Crippen LogP contribution in [-0.2, 0) is 14.3 Å². The van der Waals surface area contributed by atoms with Crippen molar-refractivity contribution in [2.45, 2.75) is 58.5 Å². The van der Waals surface area contributed by atoms with Gasteiger partial charge in [-0.25, -0.2) is 0 Å². The standard InChI is InChI=1S/C14H25NO4/c1-14(2,13(17)18)10-12(16)15-8-9-19-11-6-4-3-5-7-11/h11H,3-10H2,1-2H3,(H,15,16)(H,17,18). The molecule has 1 aliphatic rings. The number of carbonyl (C=O) groups is 2. The van der Waals surface area contributed by atoms with Crippen LogP contribution in [-0.4, -0.2) is 36.2 Å². The van der Waals surface area contributed by atoms with Crippen LogP contribution in [0.3, 0.4) is 0 Å². The normalized spacial score (nSPS) is 17.2. The summed E-state index contributed by atoms with van der Waals surface area (Å²) in [4.78, 5) is 22.5. The summed E-state index contributed by atoms with van der Waals surface area (Å²) < 4.78 is 5.68. The molecule has 0 spiro atoms. The van der Waals surface area contributed by atoms with Gasteiger partial charge >= 0.3 is 5.97 Å². The average Bonchev–Trinajstić information content (AvgIpc) is 2.35. The van der Waals surface area contributed by atoms with E-state index in [9.17, 15) is 9.59 Å². The second kappa shape index (κ2) is 7.48. The van der Waals surface area contributed by atoms with Crippen molar-refractivity contribution in [2.24, 2.45) is 5.41 Å². The molecule has 0 aromatic rings. The molecule has 0 radical (unpaired) electrons. The summed E-state index contributed by atoms with van der Waals surface area (Å²) in [5.74, 6) is -1.19. The first-order chi connectivity index (χ1) is 8.92. The zero-order valence-corrected chi connectivity index (χ0v) is 11.9. The van der Waals surface area contributed by atoms with Gasteiger partial charge in [0.15, 0.2) is 0 Å². The van der Waals surface area contributed by atoms with Crippen molar-refractivity contribution >= 4 is 11.9 Å². The van der Waals surface area contributed by atoms with Gasteiger partial charge in [0.25, 0.3) is 0 Å². The van der Waals surface area contributed by atoms with Crippen molar-refractivity contribution in [3.05, 3.63) is 0 Å². The predicted octanol–water partition coefficient (Wildman–Crippen LogP) is 1.95. The molecule has 0 heterocycles. The van der Waals surface area contributed by atoms with Crippen molar-refractivity contribution in [1.82, 2.24) is 5.32 Å². The van der Waals surface area contributed by atoms with Crippen molar-refractivity contribution in [3.63, 3.8) is 0 Å². The van der Waals surface area contributed by atoms with Crippen LogP contribution in [0.1, 0.15) is 52.4 Å². The molecule has 0 aliphatic heterocycles. The smallest absolute Gasteiger partial charge is 0.309 e. The van der Waals surface area contributed by atoms with E-state index in [2.05, 4.69) is 5.32 Å². The maximum absolute atomic E-state index is 11.6. The van der Waals surface area contributed by atoms with Crippen LogP contribution < -0.4 is 5.32 Å². The van der Waals surface area contributed by atoms with Crippen molar-refractivity contribution < 1.29 is 19.4 Å². The number of ether oxygens (including phenoxy) is 1. The minimum Gasteiger partial charge on any atom is -0.481 e. The number of carbonyl (C=O) groups excluding carboxylic acids is 1. The average molecular weight is 271 g/mol. The summed E-state index contributed by atoms with van der Waals surface area (Å²) in [6.07, 6.45) is 6.29. The zero-order chi connectivity index (χ0) is 14.3. The summed E-state index contributed by atoms with van der Waals surface area (Å²) in [5.41, 5.74) is -1.02. The van der Waals surface area contributed by atoms with Crippen LogP contribution in [0.5, 0.6) is 0 Å². The Labute approximate surface area is 114 Å². The Bertz CT molecular complexity index is 309. The molecular formula is C14H25NO4. The van der Waals surface area contributed by atoms with Crippen molar-refractivity contribution in [3.8, 4) is 0 Å². The molecule has 1 aliphatic carbocycles. The minimum atomic E-state index is -1.02. The Hall–Kier alpha value is -1.10. The van der Waals surface area contributed by atoms with Gasteiger partial charge in [-0.15, -0.1) is 0 Å². The molecule has 5 heteroatoms. The van der Waals surface area contributed by atoms with Gasteiger partial charge in [-0.2, -0.15) is 0 Å². The molecule has 0 atom stereocenters. The molecule has 1 amide bonds. The quantitative estimate of drug-likeness (QED) is 0.694. The Kier molecular flexibility index (Phi) is 6.28. The largest absolute Gasteiger partial charge is 0.481 e. The second-order valence-electron chi connectivity index (χ2n) is 5.85. The van der Waals surface area contributed by atoms with Gasteiger partial charge in [-0.1, -0.05) is 19.3 Å². The lowest BCUT2D eigenvalue weighted by atomic mass is 9.89. The number of rotatable bonds is 7. The summed E-state index contributed by atoms with van der Waals surface area (Å²) >= 11 is 0. The maximum Gasteiger partial charge on any atom is 0.309 e. The first-order valence-electron chi connectivity index (χ1n) is 7.03. The molecule has 0 unspecified atom stereocenters. The highest BCUT2D eigenvalue weighted by molar-refractivity contribution is 5.84. The zero-order valence-electron chi connectivity index (χ0n) is 11.9. The van der Waals surface area contributed by atoms with E-state index in [1.54, 1.807) is 13.8 Å². The number of nitrogens with one attached hydrogen (secondary N) is 1. The highest BCUT2D eigenvalue weighted by Gasteiger charge is 2.29. The van der Waals surface area contributed by atoms with Gasteiger partial charge in [0.05, 0.1) is 18.1 Å². The third kappa shape index (κ3) is 6.05. The Morgan fingerprint density at radius 2 is 1.89 bits per heavy atom. The Morgan fingerprint density at radius 1 is 1.26 bits per heavy atom. The molecule has 0 aromatic carbocycles. The maximum atomic E-state index is 11.6. The van der Waals surface area contributed by atoms with Crippen LogP contribution in [0, 0.1) is 5.41 Å². The molecule has 19 heavy (non-hydrogen) atoms. The van der Waals surface area contributed by atoms with Gasteiger partial charge < -0.3 is 15.2 Å². The highest BCUT2D eigenvalue weighted by atomic mass is 16.5. The third-order valence-corrected chi connectivity index (χ3v) is 3.51. The van der Waals surface area contributed by atoms with Gasteiger partial charge in [0.2, 0.25) is 5.91 Å². The molecule has 1 saturated carbocycles. The van der Waals surface area contributed by atoms with E-state index in [1.807, 2.05) is 0 Å². The first kappa shape index (κ1) is 16.0. The van der Waals surface area contributed by atoms with Gasteiger partial charge in [0.1, 0.15) is 0 Å². The van der Waals surface area contributed by atoms with Gasteiger partial charge in [-0.3, -0.25) is 9.59 Å². The van der Waals surface area contributed by atoms with Crippen LogP contribution in [0.15, 0.2) is 0 Å². The van der Waals surface area contributed by atoms with E-state index in [-0.39, 0.29) is 12.3 Å². The molecule has 110 valence electrons. The number of aliphatic carboxylic acids is 1. The fourth-order valence-electron chi connectivity index (χ4n) is 2.19. The Balaban J connectivity index is 2.11. The Morgan fingerprint density at radius 3 is 2.47 bits per heavy atom. The highest BCUT2D eigenvalue weighted by Crippen LogP contribution is 2.20. The van der Waals surface area contributed by atoms with E-state index in [1.165, 1.54) is 19.3 Å². The topological polar surface area (TPSA) is 75.6 Å². The van der Waals surface area contributed by atoms with Crippen LogP contribution in [0.2, 0.25) is 0 Å². The number of amides is 1. The number of hydrogen-bond donors (Lipinski definition) is 2. The van der Waals surface area contributed by atoms with E-state index in [0.717, 1.165) is 12.8 Å². The number of hydrogen-bond acceptors (Lipinski definition) is 3. The lowest BCUT2D eigenvalue weighted by molar-refractivity contribution is -0.149. The van der Waals surface area contributed by atoms with E-state index >= 15 is 0 Å². The molecule has 2 N–H and O–H groups in total. The lowest BCUT2D eigenvalue weighted by Crippen LogP contribution is -2.35. The molecule has 0 aromatic heterocycles. The monoisotopic (exact) mass is 271 g/mol. The third-order valence-electron chi connectivity index (χ3n) is 3.51. The van der Waals surface area contributed by atoms with Crippen molar-refractivity contribution in [1.29, 1.82) is 0 Å². The van der Waals surface area contributed by atoms with E-state index < -0.39 is 11.4 Å². The molecule has 5 nitrogen and oxygen atoms in total. The van der Waals surface area contributed by atoms with Crippen LogP contribution in [0.4, 0.5) is 0 Å². The summed E-state index contributed by atoms with van der Waals surface area (Å²) in [7, 11) is 0. The van der Waals surface area contributed by atoms with Gasteiger partial charge in [-0.05, 0) is 26.7 Å². The second-order valence-corrected chi connectivity index (χ2v) is 5.85. The SMILES string of the molecule is CC(C)(CC(=O)NCCOC1CCCCC1)C(=O)O. The molecule has 0 bridgehead atoms. The van der Waals surface area contributed by atoms with E-state index in [4.69, 9.17) is 9.84 Å². The minimum absolute atomic E-state index is 0.00817. The summed E-state index contributed by atoms with van der Waals surface area (Å²) in [5, 5.41) is 11.6. The van der Waals surface area contributed by atoms with Crippen molar-refractivity contribution in [2.75, 3.05) is 13.2 Å². The summed E-state index contributed by atoms with van der Waals surface area (Å²) in [6.45, 7) is 4.05. The fourth-order valence-corrected chi connectivity index (χ4v) is 2.19. The molecular weight excluding hydrogens is 246 g/mol. The summed E-state index contributed by atoms with van der Waals surface area (Å²) in [6, 6.07) is 0. The lowest BCUT2D eigenvalue weighted by Gasteiger charge is -2.22. The van der Waals surface area contributed by atoms with Crippen LogP contribution >= 0.6 is 0 Å². The molecule has 0 saturated heterocycles. The molecule has 1 rings (SSSR count). The molecule has 1 fully saturated rings. The van der Waals surface area contributed by atoms with Gasteiger partial charge in [0, 0.05) is 13.0 Å².